The Hall–Kier alpha value is -2.35. The molecule has 1 unspecified atom stereocenters. The van der Waals surface area contributed by atoms with Gasteiger partial charge in [0, 0.05) is 17.3 Å². The first kappa shape index (κ1) is 16.5. The Labute approximate surface area is 146 Å². The molecule has 0 aliphatic carbocycles. The Bertz CT molecular complexity index is 863. The maximum absolute atomic E-state index is 12.5. The molecule has 0 saturated carbocycles. The molecule has 0 fully saturated rings. The SMILES string of the molecule is C[S+]([O-])c1cccc(Nc2nc(N)c(C(=O)c3ccccc3)s2)c1. The average molecular weight is 357 g/mol. The Kier molecular flexibility index (Phi) is 4.84. The molecular weight excluding hydrogens is 342 g/mol. The molecule has 0 amide bonds. The molecule has 1 heterocycles. The normalized spacial score (nSPS) is 11.9. The average Bonchev–Trinajstić information content (AvgIpc) is 2.95. The summed E-state index contributed by atoms with van der Waals surface area (Å²) in [5.74, 6) is 0.0497. The Morgan fingerprint density at radius 2 is 1.96 bits per heavy atom. The van der Waals surface area contributed by atoms with Crippen LogP contribution in [0.15, 0.2) is 59.5 Å². The predicted molar refractivity (Wildman–Crippen MR) is 98.5 cm³/mol. The fourth-order valence-electron chi connectivity index (χ4n) is 2.14. The molecule has 0 spiro atoms. The molecule has 0 aliphatic rings. The number of nitrogen functional groups attached to an aromatic ring is 1. The van der Waals surface area contributed by atoms with Crippen molar-refractivity contribution in [2.24, 2.45) is 0 Å². The summed E-state index contributed by atoms with van der Waals surface area (Å²) in [5, 5.41) is 3.63. The molecule has 0 saturated heterocycles. The lowest BCUT2D eigenvalue weighted by molar-refractivity contribution is 0.104. The first-order valence-electron chi connectivity index (χ1n) is 7.11. The predicted octanol–water partition coefficient (Wildman–Crippen LogP) is 3.44. The molecule has 3 N–H and O–H groups in total. The minimum absolute atomic E-state index is 0.151. The zero-order chi connectivity index (χ0) is 17.1. The Balaban J connectivity index is 1.84. The molecular formula is C17H15N3O2S2. The highest BCUT2D eigenvalue weighted by Gasteiger charge is 2.18. The van der Waals surface area contributed by atoms with Crippen LogP contribution in [0.25, 0.3) is 0 Å². The van der Waals surface area contributed by atoms with Gasteiger partial charge in [-0.2, -0.15) is 0 Å². The molecule has 122 valence electrons. The van der Waals surface area contributed by atoms with Crippen molar-refractivity contribution in [3.05, 3.63) is 65.0 Å². The van der Waals surface area contributed by atoms with E-state index in [1.165, 1.54) is 11.3 Å². The van der Waals surface area contributed by atoms with Crippen LogP contribution in [0.2, 0.25) is 0 Å². The molecule has 0 radical (unpaired) electrons. The summed E-state index contributed by atoms with van der Waals surface area (Å²) in [7, 11) is 0. The van der Waals surface area contributed by atoms with Crippen molar-refractivity contribution < 1.29 is 9.35 Å². The number of ketones is 1. The van der Waals surface area contributed by atoms with Gasteiger partial charge in [-0.1, -0.05) is 47.7 Å². The van der Waals surface area contributed by atoms with E-state index in [1.807, 2.05) is 18.2 Å². The van der Waals surface area contributed by atoms with Gasteiger partial charge in [0.2, 0.25) is 5.78 Å². The van der Waals surface area contributed by atoms with Gasteiger partial charge in [0.05, 0.1) is 0 Å². The van der Waals surface area contributed by atoms with Crippen LogP contribution in [0.5, 0.6) is 0 Å². The van der Waals surface area contributed by atoms with E-state index >= 15 is 0 Å². The van der Waals surface area contributed by atoms with Gasteiger partial charge in [-0.05, 0) is 23.3 Å². The summed E-state index contributed by atoms with van der Waals surface area (Å²) in [5.41, 5.74) is 7.22. The van der Waals surface area contributed by atoms with E-state index in [2.05, 4.69) is 10.3 Å². The van der Waals surface area contributed by atoms with Crippen LogP contribution in [0.1, 0.15) is 15.2 Å². The number of nitrogens with zero attached hydrogens (tertiary/aromatic N) is 1. The zero-order valence-corrected chi connectivity index (χ0v) is 14.5. The first-order valence-corrected chi connectivity index (χ1v) is 9.48. The number of thiazole rings is 1. The van der Waals surface area contributed by atoms with E-state index in [-0.39, 0.29) is 11.6 Å². The maximum atomic E-state index is 12.5. The number of aromatic nitrogens is 1. The number of rotatable bonds is 5. The number of carbonyl (C=O) groups is 1. The fraction of sp³-hybridized carbons (Fsp3) is 0.0588. The third-order valence-corrected chi connectivity index (χ3v) is 5.22. The van der Waals surface area contributed by atoms with Gasteiger partial charge in [-0.3, -0.25) is 4.79 Å². The van der Waals surface area contributed by atoms with Gasteiger partial charge < -0.3 is 15.6 Å². The van der Waals surface area contributed by atoms with Crippen LogP contribution in [-0.2, 0) is 11.2 Å². The minimum atomic E-state index is -1.06. The van der Waals surface area contributed by atoms with Crippen LogP contribution in [-0.4, -0.2) is 21.6 Å². The van der Waals surface area contributed by atoms with Crippen LogP contribution in [0, 0.1) is 0 Å². The van der Waals surface area contributed by atoms with Gasteiger partial charge in [-0.25, -0.2) is 4.98 Å². The number of nitrogens with one attached hydrogen (secondary N) is 1. The molecule has 2 aromatic carbocycles. The summed E-state index contributed by atoms with van der Waals surface area (Å²) in [6.45, 7) is 0. The number of carbonyl (C=O) groups excluding carboxylic acids is 1. The molecule has 0 aliphatic heterocycles. The summed E-state index contributed by atoms with van der Waals surface area (Å²) < 4.78 is 11.6. The largest absolute Gasteiger partial charge is 0.612 e. The smallest absolute Gasteiger partial charge is 0.206 e. The molecule has 0 bridgehead atoms. The van der Waals surface area contributed by atoms with Crippen molar-refractivity contribution in [1.29, 1.82) is 0 Å². The molecule has 24 heavy (non-hydrogen) atoms. The standard InChI is InChI=1S/C17H15N3O2S2/c1-24(22)13-9-5-8-12(10-13)19-17-20-16(18)15(23-17)14(21)11-6-3-2-4-7-11/h2-10H,18H2,1H3,(H,19,20). The number of nitrogens with two attached hydrogens (primary N) is 1. The van der Waals surface area contributed by atoms with Gasteiger partial charge in [0.15, 0.2) is 10.0 Å². The number of hydrogen-bond acceptors (Lipinski definition) is 6. The zero-order valence-electron chi connectivity index (χ0n) is 12.9. The van der Waals surface area contributed by atoms with E-state index < -0.39 is 11.2 Å². The van der Waals surface area contributed by atoms with E-state index in [4.69, 9.17) is 5.73 Å². The second-order valence-corrected chi connectivity index (χ2v) is 7.41. The fourth-order valence-corrected chi connectivity index (χ4v) is 3.57. The van der Waals surface area contributed by atoms with Crippen LogP contribution in [0.4, 0.5) is 16.6 Å². The second-order valence-electron chi connectivity index (χ2n) is 5.04. The number of benzene rings is 2. The highest BCUT2D eigenvalue weighted by molar-refractivity contribution is 7.90. The van der Waals surface area contributed by atoms with Crippen molar-refractivity contribution in [1.82, 2.24) is 4.98 Å². The monoisotopic (exact) mass is 357 g/mol. The molecule has 7 heteroatoms. The van der Waals surface area contributed by atoms with E-state index in [0.29, 0.717) is 20.5 Å². The van der Waals surface area contributed by atoms with Crippen LogP contribution < -0.4 is 11.1 Å². The van der Waals surface area contributed by atoms with Gasteiger partial charge >= 0.3 is 0 Å². The van der Waals surface area contributed by atoms with E-state index in [1.54, 1.807) is 42.7 Å². The lowest BCUT2D eigenvalue weighted by Crippen LogP contribution is -2.02. The van der Waals surface area contributed by atoms with Crippen LogP contribution in [0.3, 0.4) is 0 Å². The summed E-state index contributed by atoms with van der Waals surface area (Å²) >= 11 is 0.134. The Morgan fingerprint density at radius 1 is 1.21 bits per heavy atom. The summed E-state index contributed by atoms with van der Waals surface area (Å²) in [6, 6.07) is 16.2. The highest BCUT2D eigenvalue weighted by atomic mass is 32.2. The second kappa shape index (κ2) is 7.04. The highest BCUT2D eigenvalue weighted by Crippen LogP contribution is 2.30. The third-order valence-electron chi connectivity index (χ3n) is 3.31. The first-order chi connectivity index (χ1) is 11.5. The van der Waals surface area contributed by atoms with Gasteiger partial charge in [0.25, 0.3) is 0 Å². The van der Waals surface area contributed by atoms with E-state index in [0.717, 1.165) is 5.69 Å². The third kappa shape index (κ3) is 3.59. The van der Waals surface area contributed by atoms with Crippen molar-refractivity contribution in [2.45, 2.75) is 4.90 Å². The minimum Gasteiger partial charge on any atom is -0.612 e. The Morgan fingerprint density at radius 3 is 2.67 bits per heavy atom. The van der Waals surface area contributed by atoms with Crippen molar-refractivity contribution in [3.8, 4) is 0 Å². The lowest BCUT2D eigenvalue weighted by Gasteiger charge is -2.06. The molecule has 5 nitrogen and oxygen atoms in total. The summed E-state index contributed by atoms with van der Waals surface area (Å²) in [6.07, 6.45) is 1.62. The van der Waals surface area contributed by atoms with Gasteiger partial charge in [0.1, 0.15) is 17.0 Å². The molecule has 1 atom stereocenters. The van der Waals surface area contributed by atoms with E-state index in [9.17, 15) is 9.35 Å². The van der Waals surface area contributed by atoms with Gasteiger partial charge in [-0.15, -0.1) is 0 Å². The van der Waals surface area contributed by atoms with Crippen LogP contribution >= 0.6 is 11.3 Å². The van der Waals surface area contributed by atoms with Crippen molar-refractivity contribution in [3.63, 3.8) is 0 Å². The van der Waals surface area contributed by atoms with Crippen molar-refractivity contribution in [2.75, 3.05) is 17.3 Å². The quantitative estimate of drug-likeness (QED) is 0.539. The molecule has 3 aromatic rings. The topological polar surface area (TPSA) is 91.1 Å². The lowest BCUT2D eigenvalue weighted by atomic mass is 10.1. The molecule has 1 aromatic heterocycles. The molecule has 3 rings (SSSR count). The number of anilines is 3. The number of hydrogen-bond donors (Lipinski definition) is 2. The summed E-state index contributed by atoms with van der Waals surface area (Å²) in [4.78, 5) is 17.8. The van der Waals surface area contributed by atoms with Crippen molar-refractivity contribution >= 4 is 44.9 Å². The maximum Gasteiger partial charge on any atom is 0.206 e.